The van der Waals surface area contributed by atoms with Crippen molar-refractivity contribution in [2.75, 3.05) is 13.7 Å². The highest BCUT2D eigenvalue weighted by Gasteiger charge is 2.44. The number of amides is 1. The molecule has 1 aliphatic rings. The molecule has 152 valence electrons. The molecule has 3 aromatic rings. The summed E-state index contributed by atoms with van der Waals surface area (Å²) in [6.07, 6.45) is 3.24. The molecule has 1 saturated carbocycles. The maximum absolute atomic E-state index is 11.1. The maximum Gasteiger partial charge on any atom is 0.405 e. The number of methoxy groups -OCH3 is 1. The molecular weight excluding hydrogens is 366 g/mol. The molecule has 1 amide bonds. The topological polar surface area (TPSA) is 76.4 Å². The number of aryl methyl sites for hydroxylation is 1. The molecule has 6 nitrogen and oxygen atoms in total. The zero-order chi connectivity index (χ0) is 20.3. The summed E-state index contributed by atoms with van der Waals surface area (Å²) in [6.45, 7) is 1.49. The van der Waals surface area contributed by atoms with Crippen LogP contribution in [-0.2, 0) is 24.1 Å². The molecule has 0 saturated heterocycles. The van der Waals surface area contributed by atoms with Crippen LogP contribution in [-0.4, -0.2) is 40.2 Å². The van der Waals surface area contributed by atoms with Gasteiger partial charge in [-0.15, -0.1) is 0 Å². The summed E-state index contributed by atoms with van der Waals surface area (Å²) in [5.41, 5.74) is 4.26. The van der Waals surface area contributed by atoms with Crippen molar-refractivity contribution in [1.82, 2.24) is 15.1 Å². The molecule has 1 heterocycles. The second-order valence-electron chi connectivity index (χ2n) is 7.92. The molecule has 1 fully saturated rings. The fourth-order valence-electron chi connectivity index (χ4n) is 3.96. The Morgan fingerprint density at radius 1 is 1.21 bits per heavy atom. The van der Waals surface area contributed by atoms with Gasteiger partial charge in [0.1, 0.15) is 0 Å². The Bertz CT molecular complexity index is 993. The molecule has 0 radical (unpaired) electrons. The number of nitrogens with one attached hydrogen (secondary N) is 1. The largest absolute Gasteiger partial charge is 0.465 e. The molecule has 0 unspecified atom stereocenters. The molecule has 29 heavy (non-hydrogen) atoms. The quantitative estimate of drug-likeness (QED) is 0.539. The molecule has 0 bridgehead atoms. The molecule has 0 atom stereocenters. The van der Waals surface area contributed by atoms with Gasteiger partial charge >= 0.3 is 6.09 Å². The minimum absolute atomic E-state index is 0.298. The molecule has 1 aliphatic carbocycles. The highest BCUT2D eigenvalue weighted by atomic mass is 16.5. The zero-order valence-electron chi connectivity index (χ0n) is 16.7. The number of hydrogen-bond donors (Lipinski definition) is 2. The number of hydrogen-bond acceptors (Lipinski definition) is 3. The van der Waals surface area contributed by atoms with Crippen LogP contribution >= 0.6 is 0 Å². The number of rotatable bonds is 9. The Labute approximate surface area is 170 Å². The van der Waals surface area contributed by atoms with Crippen molar-refractivity contribution in [3.05, 3.63) is 65.4 Å². The van der Waals surface area contributed by atoms with E-state index in [1.807, 2.05) is 6.07 Å². The summed E-state index contributed by atoms with van der Waals surface area (Å²) in [5.74, 6) is 0. The average molecular weight is 393 g/mol. The van der Waals surface area contributed by atoms with Crippen molar-refractivity contribution < 1.29 is 14.6 Å². The Kier molecular flexibility index (Phi) is 5.53. The van der Waals surface area contributed by atoms with E-state index >= 15 is 0 Å². The molecular formula is C23H27N3O3. The van der Waals surface area contributed by atoms with Gasteiger partial charge in [-0.1, -0.05) is 42.5 Å². The maximum atomic E-state index is 11.1. The Morgan fingerprint density at radius 3 is 2.69 bits per heavy atom. The van der Waals surface area contributed by atoms with Gasteiger partial charge in [0, 0.05) is 37.6 Å². The lowest BCUT2D eigenvalue weighted by atomic mass is 10.0. The van der Waals surface area contributed by atoms with Crippen molar-refractivity contribution in [2.45, 2.75) is 44.2 Å². The Morgan fingerprint density at radius 2 is 2.00 bits per heavy atom. The summed E-state index contributed by atoms with van der Waals surface area (Å²) >= 11 is 0. The number of carboxylic acid groups (broad SMARTS) is 1. The van der Waals surface area contributed by atoms with Gasteiger partial charge < -0.3 is 15.2 Å². The predicted octanol–water partition coefficient (Wildman–Crippen LogP) is 4.01. The van der Waals surface area contributed by atoms with Crippen LogP contribution < -0.4 is 5.32 Å². The van der Waals surface area contributed by atoms with Crippen LogP contribution in [0.5, 0.6) is 0 Å². The van der Waals surface area contributed by atoms with Crippen molar-refractivity contribution >= 4 is 17.0 Å². The first-order valence-corrected chi connectivity index (χ1v) is 10.1. The SMILES string of the molecule is COCCCn1nc(Cc2ccccc2)c2ccc(CC3(NC(=O)O)CC3)cc21. The van der Waals surface area contributed by atoms with Crippen molar-refractivity contribution in [1.29, 1.82) is 0 Å². The summed E-state index contributed by atoms with van der Waals surface area (Å²) < 4.78 is 7.28. The number of aromatic nitrogens is 2. The number of nitrogens with zero attached hydrogens (tertiary/aromatic N) is 2. The fraction of sp³-hybridized carbons (Fsp3) is 0.391. The lowest BCUT2D eigenvalue weighted by Gasteiger charge is -2.15. The third kappa shape index (κ3) is 4.59. The number of fused-ring (bicyclic) bond motifs is 1. The summed E-state index contributed by atoms with van der Waals surface area (Å²) in [6, 6.07) is 16.8. The molecule has 0 aliphatic heterocycles. The molecule has 1 aromatic heterocycles. The van der Waals surface area contributed by atoms with Gasteiger partial charge in [-0.3, -0.25) is 4.68 Å². The first kappa shape index (κ1) is 19.5. The zero-order valence-corrected chi connectivity index (χ0v) is 16.7. The van der Waals surface area contributed by atoms with Gasteiger partial charge in [0.2, 0.25) is 0 Å². The highest BCUT2D eigenvalue weighted by Crippen LogP contribution is 2.39. The minimum Gasteiger partial charge on any atom is -0.465 e. The predicted molar refractivity (Wildman–Crippen MR) is 112 cm³/mol. The van der Waals surface area contributed by atoms with E-state index in [1.54, 1.807) is 7.11 Å². The normalized spacial score (nSPS) is 14.8. The smallest absolute Gasteiger partial charge is 0.405 e. The van der Waals surface area contributed by atoms with E-state index in [9.17, 15) is 4.79 Å². The molecule has 4 rings (SSSR count). The van der Waals surface area contributed by atoms with Crippen LogP contribution in [0.1, 0.15) is 36.1 Å². The molecule has 0 spiro atoms. The number of carbonyl (C=O) groups is 1. The third-order valence-corrected chi connectivity index (χ3v) is 5.59. The van der Waals surface area contributed by atoms with Crippen LogP contribution in [0.3, 0.4) is 0 Å². The second-order valence-corrected chi connectivity index (χ2v) is 7.92. The van der Waals surface area contributed by atoms with Gasteiger partial charge in [0.15, 0.2) is 0 Å². The van der Waals surface area contributed by atoms with Crippen molar-refractivity contribution in [2.24, 2.45) is 0 Å². The molecule has 6 heteroatoms. The van der Waals surface area contributed by atoms with E-state index in [2.05, 4.69) is 52.5 Å². The van der Waals surface area contributed by atoms with E-state index in [0.29, 0.717) is 13.0 Å². The summed E-state index contributed by atoms with van der Waals surface area (Å²) in [7, 11) is 1.71. The van der Waals surface area contributed by atoms with Crippen molar-refractivity contribution in [3.8, 4) is 0 Å². The fourth-order valence-corrected chi connectivity index (χ4v) is 3.96. The molecule has 2 aromatic carbocycles. The molecule has 2 N–H and O–H groups in total. The van der Waals surface area contributed by atoms with Gasteiger partial charge in [0.25, 0.3) is 0 Å². The van der Waals surface area contributed by atoms with E-state index in [4.69, 9.17) is 14.9 Å². The first-order valence-electron chi connectivity index (χ1n) is 10.1. The summed E-state index contributed by atoms with van der Waals surface area (Å²) in [4.78, 5) is 11.1. The van der Waals surface area contributed by atoms with E-state index in [1.165, 1.54) is 5.56 Å². The Balaban J connectivity index is 1.64. The van der Waals surface area contributed by atoms with Crippen LogP contribution in [0.2, 0.25) is 0 Å². The summed E-state index contributed by atoms with van der Waals surface area (Å²) in [5, 5.41) is 17.9. The lowest BCUT2D eigenvalue weighted by Crippen LogP contribution is -2.37. The average Bonchev–Trinajstić information content (AvgIpc) is 3.36. The number of ether oxygens (including phenoxy) is 1. The van der Waals surface area contributed by atoms with E-state index < -0.39 is 6.09 Å². The second kappa shape index (κ2) is 8.25. The lowest BCUT2D eigenvalue weighted by molar-refractivity contribution is 0.188. The van der Waals surface area contributed by atoms with Crippen LogP contribution in [0.15, 0.2) is 48.5 Å². The minimum atomic E-state index is -0.946. The van der Waals surface area contributed by atoms with Crippen LogP contribution in [0.25, 0.3) is 10.9 Å². The Hall–Kier alpha value is -2.86. The van der Waals surface area contributed by atoms with Gasteiger partial charge in [-0.05, 0) is 42.9 Å². The number of benzene rings is 2. The van der Waals surface area contributed by atoms with Gasteiger partial charge in [-0.2, -0.15) is 5.10 Å². The van der Waals surface area contributed by atoms with Gasteiger partial charge in [0.05, 0.1) is 11.2 Å². The van der Waals surface area contributed by atoms with E-state index in [0.717, 1.165) is 54.4 Å². The van der Waals surface area contributed by atoms with E-state index in [-0.39, 0.29) is 5.54 Å². The first-order chi connectivity index (χ1) is 14.1. The highest BCUT2D eigenvalue weighted by molar-refractivity contribution is 5.83. The van der Waals surface area contributed by atoms with Gasteiger partial charge in [-0.25, -0.2) is 4.79 Å². The van der Waals surface area contributed by atoms with Crippen LogP contribution in [0.4, 0.5) is 4.79 Å². The van der Waals surface area contributed by atoms with Crippen LogP contribution in [0, 0.1) is 0 Å². The standard InChI is InChI=1S/C23H27N3O3/c1-29-13-5-12-26-21-15-18(16-23(10-11-23)24-22(27)28)8-9-19(21)20(25-26)14-17-6-3-2-4-7-17/h2-4,6-9,15,24H,5,10-14,16H2,1H3,(H,27,28). The third-order valence-electron chi connectivity index (χ3n) is 5.59. The van der Waals surface area contributed by atoms with Crippen molar-refractivity contribution in [3.63, 3.8) is 0 Å². The monoisotopic (exact) mass is 393 g/mol.